The fourth-order valence-electron chi connectivity index (χ4n) is 2.04. The number of nitrogens with zero attached hydrogens (tertiary/aromatic N) is 2. The summed E-state index contributed by atoms with van der Waals surface area (Å²) in [6.45, 7) is 10.7. The minimum absolute atomic E-state index is 0.0123. The van der Waals surface area contributed by atoms with Crippen molar-refractivity contribution in [1.29, 1.82) is 0 Å². The quantitative estimate of drug-likeness (QED) is 0.741. The Hall–Kier alpha value is -1.58. The van der Waals surface area contributed by atoms with Crippen LogP contribution in [-0.2, 0) is 4.74 Å². The highest BCUT2D eigenvalue weighted by atomic mass is 16.5. The van der Waals surface area contributed by atoms with Crippen LogP contribution in [0.25, 0.3) is 6.08 Å². The molecule has 1 heterocycles. The van der Waals surface area contributed by atoms with Gasteiger partial charge in [0.25, 0.3) is 5.56 Å². The van der Waals surface area contributed by atoms with E-state index < -0.39 is 0 Å². The van der Waals surface area contributed by atoms with E-state index >= 15 is 0 Å². The molecule has 0 aliphatic rings. The Morgan fingerprint density at radius 1 is 1.42 bits per heavy atom. The first-order valence-electron chi connectivity index (χ1n) is 6.84. The zero-order chi connectivity index (χ0) is 14.4. The van der Waals surface area contributed by atoms with Gasteiger partial charge in [-0.15, -0.1) is 0 Å². The molecule has 0 aliphatic heterocycles. The van der Waals surface area contributed by atoms with Crippen LogP contribution in [0.3, 0.4) is 0 Å². The van der Waals surface area contributed by atoms with Crippen LogP contribution >= 0.6 is 0 Å². The molecule has 0 saturated carbocycles. The Bertz CT molecular complexity index is 489. The number of aryl methyl sites for hydroxylation is 1. The van der Waals surface area contributed by atoms with Crippen LogP contribution in [0.4, 0.5) is 0 Å². The second-order valence-corrected chi connectivity index (χ2v) is 5.24. The molecule has 4 heteroatoms. The van der Waals surface area contributed by atoms with Gasteiger partial charge < -0.3 is 4.74 Å². The first kappa shape index (κ1) is 15.5. The van der Waals surface area contributed by atoms with Crippen molar-refractivity contribution < 1.29 is 4.74 Å². The lowest BCUT2D eigenvalue weighted by Crippen LogP contribution is -2.29. The Morgan fingerprint density at radius 3 is 2.68 bits per heavy atom. The number of hydrogen-bond acceptors (Lipinski definition) is 3. The van der Waals surface area contributed by atoms with Crippen molar-refractivity contribution in [3.63, 3.8) is 0 Å². The normalized spacial score (nSPS) is 13.2. The Labute approximate surface area is 115 Å². The molecule has 19 heavy (non-hydrogen) atoms. The number of ether oxygens (including phenoxy) is 1. The topological polar surface area (TPSA) is 44.1 Å². The van der Waals surface area contributed by atoms with Gasteiger partial charge in [-0.2, -0.15) is 5.10 Å². The van der Waals surface area contributed by atoms with Gasteiger partial charge in [-0.25, -0.2) is 4.68 Å². The third kappa shape index (κ3) is 4.54. The van der Waals surface area contributed by atoms with E-state index in [1.807, 2.05) is 20.8 Å². The van der Waals surface area contributed by atoms with Crippen molar-refractivity contribution >= 4 is 6.08 Å². The molecule has 0 aromatic carbocycles. The van der Waals surface area contributed by atoms with Crippen molar-refractivity contribution in [3.8, 4) is 0 Å². The minimum Gasteiger partial charge on any atom is -0.501 e. The van der Waals surface area contributed by atoms with E-state index in [9.17, 15) is 4.79 Å². The zero-order valence-corrected chi connectivity index (χ0v) is 12.5. The predicted octanol–water partition coefficient (Wildman–Crippen LogP) is 3.17. The molecule has 0 saturated heterocycles. The van der Waals surface area contributed by atoms with E-state index in [1.165, 1.54) is 0 Å². The van der Waals surface area contributed by atoms with Crippen molar-refractivity contribution in [2.75, 3.05) is 6.61 Å². The summed E-state index contributed by atoms with van der Waals surface area (Å²) >= 11 is 0. The van der Waals surface area contributed by atoms with Crippen LogP contribution in [-0.4, -0.2) is 16.4 Å². The molecular formula is C15H24N2O2. The summed E-state index contributed by atoms with van der Waals surface area (Å²) in [6, 6.07) is 1.89. The average Bonchev–Trinajstić information content (AvgIpc) is 2.32. The first-order chi connectivity index (χ1) is 8.95. The number of rotatable bonds is 6. The molecule has 4 nitrogen and oxygen atoms in total. The second kappa shape index (κ2) is 7.12. The molecular weight excluding hydrogens is 240 g/mol. The molecule has 0 radical (unpaired) electrons. The summed E-state index contributed by atoms with van der Waals surface area (Å²) < 4.78 is 6.75. The van der Waals surface area contributed by atoms with Crippen LogP contribution in [0.15, 0.2) is 17.1 Å². The molecule has 0 spiro atoms. The third-order valence-corrected chi connectivity index (χ3v) is 2.86. The van der Waals surface area contributed by atoms with Crippen LogP contribution < -0.4 is 5.56 Å². The molecule has 1 rings (SSSR count). The highest BCUT2D eigenvalue weighted by Crippen LogP contribution is 2.14. The summed E-state index contributed by atoms with van der Waals surface area (Å²) in [7, 11) is 0. The predicted molar refractivity (Wildman–Crippen MR) is 78.1 cm³/mol. The fraction of sp³-hybridized carbons (Fsp3) is 0.600. The number of hydrogen-bond donors (Lipinski definition) is 0. The molecule has 0 bridgehead atoms. The Balaban J connectivity index is 3.06. The van der Waals surface area contributed by atoms with Crippen molar-refractivity contribution in [2.24, 2.45) is 5.92 Å². The van der Waals surface area contributed by atoms with Crippen LogP contribution in [0, 0.1) is 12.8 Å². The standard InChI is InChI=1S/C15H24N2O2/c1-6-19-8-7-14-10-12(4)15(18)17(16-14)13(5)9-11(2)3/h7-8,10-11,13H,6,9H2,1-5H3/b8-7+/t13-/m0/s1. The van der Waals surface area contributed by atoms with Gasteiger partial charge in [-0.3, -0.25) is 4.79 Å². The Morgan fingerprint density at radius 2 is 2.11 bits per heavy atom. The van der Waals surface area contributed by atoms with E-state index in [4.69, 9.17) is 4.74 Å². The maximum absolute atomic E-state index is 12.1. The summed E-state index contributed by atoms with van der Waals surface area (Å²) in [4.78, 5) is 12.1. The van der Waals surface area contributed by atoms with Crippen LogP contribution in [0.5, 0.6) is 0 Å². The van der Waals surface area contributed by atoms with Gasteiger partial charge in [0.05, 0.1) is 24.6 Å². The van der Waals surface area contributed by atoms with Gasteiger partial charge in [0.15, 0.2) is 0 Å². The molecule has 0 aliphatic carbocycles. The molecule has 0 N–H and O–H groups in total. The molecule has 0 unspecified atom stereocenters. The SMILES string of the molecule is CCO/C=C/c1cc(C)c(=O)n([C@@H](C)CC(C)C)n1. The average molecular weight is 264 g/mol. The summed E-state index contributed by atoms with van der Waals surface area (Å²) in [5, 5.41) is 4.40. The molecule has 1 atom stereocenters. The van der Waals surface area contributed by atoms with Gasteiger partial charge in [0, 0.05) is 11.6 Å². The van der Waals surface area contributed by atoms with Gasteiger partial charge in [0.2, 0.25) is 0 Å². The summed E-state index contributed by atoms with van der Waals surface area (Å²) in [5.41, 5.74) is 1.45. The maximum atomic E-state index is 12.1. The summed E-state index contributed by atoms with van der Waals surface area (Å²) in [5.74, 6) is 0.534. The van der Waals surface area contributed by atoms with Crippen molar-refractivity contribution in [3.05, 3.63) is 33.9 Å². The van der Waals surface area contributed by atoms with E-state index in [2.05, 4.69) is 18.9 Å². The molecule has 0 fully saturated rings. The Kier molecular flexibility index (Phi) is 5.80. The van der Waals surface area contributed by atoms with E-state index in [0.717, 1.165) is 12.1 Å². The maximum Gasteiger partial charge on any atom is 0.269 e. The lowest BCUT2D eigenvalue weighted by Gasteiger charge is -2.17. The minimum atomic E-state index is -0.0123. The van der Waals surface area contributed by atoms with Crippen molar-refractivity contribution in [2.45, 2.75) is 47.1 Å². The summed E-state index contributed by atoms with van der Waals surface area (Å²) in [6.07, 6.45) is 4.34. The monoisotopic (exact) mass is 264 g/mol. The first-order valence-corrected chi connectivity index (χ1v) is 6.84. The van der Waals surface area contributed by atoms with E-state index in [-0.39, 0.29) is 11.6 Å². The lowest BCUT2D eigenvalue weighted by atomic mass is 10.1. The van der Waals surface area contributed by atoms with Gasteiger partial charge >= 0.3 is 0 Å². The van der Waals surface area contributed by atoms with Crippen LogP contribution in [0.1, 0.15) is 51.4 Å². The van der Waals surface area contributed by atoms with Crippen LogP contribution in [0.2, 0.25) is 0 Å². The number of aromatic nitrogens is 2. The van der Waals surface area contributed by atoms with E-state index in [1.54, 1.807) is 23.1 Å². The fourth-order valence-corrected chi connectivity index (χ4v) is 2.04. The smallest absolute Gasteiger partial charge is 0.269 e. The third-order valence-electron chi connectivity index (χ3n) is 2.86. The van der Waals surface area contributed by atoms with Gasteiger partial charge in [0.1, 0.15) is 0 Å². The lowest BCUT2D eigenvalue weighted by molar-refractivity contribution is 0.272. The molecule has 0 amide bonds. The molecule has 1 aromatic rings. The van der Waals surface area contributed by atoms with Gasteiger partial charge in [-0.05, 0) is 39.2 Å². The van der Waals surface area contributed by atoms with Crippen molar-refractivity contribution in [1.82, 2.24) is 9.78 Å². The van der Waals surface area contributed by atoms with Gasteiger partial charge in [-0.1, -0.05) is 13.8 Å². The largest absolute Gasteiger partial charge is 0.501 e. The molecule has 106 valence electrons. The molecule has 1 aromatic heterocycles. The zero-order valence-electron chi connectivity index (χ0n) is 12.5. The highest BCUT2D eigenvalue weighted by molar-refractivity contribution is 5.43. The highest BCUT2D eigenvalue weighted by Gasteiger charge is 2.12. The van der Waals surface area contributed by atoms with E-state index in [0.29, 0.717) is 18.1 Å². The second-order valence-electron chi connectivity index (χ2n) is 5.24.